The summed E-state index contributed by atoms with van der Waals surface area (Å²) < 4.78 is 30.1. The number of aromatic nitrogens is 2. The normalized spacial score (nSPS) is 10.7. The zero-order valence-electron chi connectivity index (χ0n) is 17.3. The molecule has 0 saturated heterocycles. The Kier molecular flexibility index (Phi) is 7.55. The van der Waals surface area contributed by atoms with Crippen molar-refractivity contribution in [1.29, 1.82) is 0 Å². The van der Waals surface area contributed by atoms with Crippen LogP contribution in [-0.2, 0) is 4.74 Å². The molecule has 30 heavy (non-hydrogen) atoms. The Morgan fingerprint density at radius 2 is 1.73 bits per heavy atom. The third kappa shape index (κ3) is 6.14. The lowest BCUT2D eigenvalue weighted by Gasteiger charge is -2.11. The van der Waals surface area contributed by atoms with Crippen molar-refractivity contribution in [1.82, 2.24) is 14.9 Å². The number of nitrogens with zero attached hydrogens (tertiary/aromatic N) is 3. The van der Waals surface area contributed by atoms with Gasteiger partial charge in [0.25, 0.3) is 0 Å². The van der Waals surface area contributed by atoms with Crippen molar-refractivity contribution >= 4 is 11.0 Å². The number of rotatable bonds is 8. The first-order valence-electron chi connectivity index (χ1n) is 9.54. The maximum atomic E-state index is 13.6. The predicted molar refractivity (Wildman–Crippen MR) is 113 cm³/mol. The van der Waals surface area contributed by atoms with Crippen molar-refractivity contribution in [3.63, 3.8) is 0 Å². The van der Waals surface area contributed by atoms with Gasteiger partial charge < -0.3 is 19.1 Å². The second-order valence-electron chi connectivity index (χ2n) is 6.75. The molecule has 0 unspecified atom stereocenters. The Hall–Kier alpha value is -3.21. The Morgan fingerprint density at radius 3 is 2.47 bits per heavy atom. The first-order chi connectivity index (χ1) is 14.5. The van der Waals surface area contributed by atoms with Gasteiger partial charge in [-0.2, -0.15) is 0 Å². The molecule has 0 N–H and O–H groups in total. The molecule has 0 amide bonds. The van der Waals surface area contributed by atoms with Gasteiger partial charge in [-0.3, -0.25) is 0 Å². The molecule has 1 aromatic heterocycles. The molecule has 0 bridgehead atoms. The summed E-state index contributed by atoms with van der Waals surface area (Å²) in [5.41, 5.74) is 2.09. The minimum absolute atomic E-state index is 0.298. The number of methoxy groups -OCH3 is 1. The number of halogens is 1. The third-order valence-corrected chi connectivity index (χ3v) is 4.16. The maximum Gasteiger partial charge on any atom is 0.249 e. The molecule has 0 saturated carbocycles. The fourth-order valence-corrected chi connectivity index (χ4v) is 2.55. The molecule has 0 aliphatic heterocycles. The Bertz CT molecular complexity index is 1040. The van der Waals surface area contributed by atoms with Gasteiger partial charge in [-0.15, -0.1) is 0 Å². The van der Waals surface area contributed by atoms with Crippen LogP contribution in [0.4, 0.5) is 4.39 Å². The second kappa shape index (κ2) is 10.5. The molecule has 0 fully saturated rings. The summed E-state index contributed by atoms with van der Waals surface area (Å²) in [6.45, 7) is 2.18. The van der Waals surface area contributed by atoms with Crippen molar-refractivity contribution in [3.05, 3.63) is 59.5 Å². The molecule has 0 aliphatic carbocycles. The van der Waals surface area contributed by atoms with Gasteiger partial charge in [0, 0.05) is 18.2 Å². The van der Waals surface area contributed by atoms with Crippen LogP contribution in [0.15, 0.2) is 42.5 Å². The predicted octanol–water partition coefficient (Wildman–Crippen LogP) is 3.13. The number of hydrogen-bond acceptors (Lipinski definition) is 6. The third-order valence-electron chi connectivity index (χ3n) is 4.16. The SMILES string of the molecule is COc1ccc(C#Cc2nc3cc(F)ccc3nc2OCCOCCN(C)C)cc1. The summed E-state index contributed by atoms with van der Waals surface area (Å²) in [6.07, 6.45) is 0. The van der Waals surface area contributed by atoms with Gasteiger partial charge in [-0.1, -0.05) is 5.92 Å². The molecule has 0 aliphatic rings. The van der Waals surface area contributed by atoms with Crippen LogP contribution < -0.4 is 9.47 Å². The molecular formula is C23H24FN3O3. The summed E-state index contributed by atoms with van der Waals surface area (Å²) in [4.78, 5) is 11.0. The van der Waals surface area contributed by atoms with E-state index in [1.54, 1.807) is 13.2 Å². The van der Waals surface area contributed by atoms with Crippen LogP contribution in [0.5, 0.6) is 11.6 Å². The lowest BCUT2D eigenvalue weighted by Crippen LogP contribution is -2.19. The number of ether oxygens (including phenoxy) is 3. The van der Waals surface area contributed by atoms with Gasteiger partial charge in [-0.05, 0) is 56.4 Å². The van der Waals surface area contributed by atoms with Crippen molar-refractivity contribution < 1.29 is 18.6 Å². The molecule has 156 valence electrons. The van der Waals surface area contributed by atoms with Crippen molar-refractivity contribution in [2.45, 2.75) is 0 Å². The minimum atomic E-state index is -0.381. The average molecular weight is 409 g/mol. The minimum Gasteiger partial charge on any atom is -0.497 e. The average Bonchev–Trinajstić information content (AvgIpc) is 2.74. The van der Waals surface area contributed by atoms with E-state index in [1.807, 2.05) is 43.3 Å². The zero-order valence-corrected chi connectivity index (χ0v) is 17.3. The Labute approximate surface area is 175 Å². The van der Waals surface area contributed by atoms with E-state index in [0.717, 1.165) is 17.9 Å². The van der Waals surface area contributed by atoms with Crippen LogP contribution in [-0.4, -0.2) is 62.4 Å². The van der Waals surface area contributed by atoms with E-state index in [0.29, 0.717) is 42.4 Å². The number of fused-ring (bicyclic) bond motifs is 1. The number of likely N-dealkylation sites (N-methyl/N-ethyl adjacent to an activating group) is 1. The standard InChI is InChI=1S/C23H24FN3O3/c1-27(2)12-13-29-14-15-30-23-21(10-6-17-4-8-19(28-3)9-5-17)25-22-16-18(24)7-11-20(22)26-23/h4-5,7-9,11,16H,12-15H2,1-3H3. The Balaban J connectivity index is 1.79. The maximum absolute atomic E-state index is 13.6. The van der Waals surface area contributed by atoms with E-state index in [9.17, 15) is 4.39 Å². The monoisotopic (exact) mass is 409 g/mol. The molecule has 1 heterocycles. The molecule has 2 aromatic carbocycles. The van der Waals surface area contributed by atoms with Crippen LogP contribution in [0.2, 0.25) is 0 Å². The lowest BCUT2D eigenvalue weighted by atomic mass is 10.2. The van der Waals surface area contributed by atoms with E-state index in [2.05, 4.69) is 21.8 Å². The lowest BCUT2D eigenvalue weighted by molar-refractivity contribution is 0.0875. The summed E-state index contributed by atoms with van der Waals surface area (Å²) in [5, 5.41) is 0. The molecule has 7 heteroatoms. The summed E-state index contributed by atoms with van der Waals surface area (Å²) in [5.74, 6) is 6.69. The molecular weight excluding hydrogens is 385 g/mol. The van der Waals surface area contributed by atoms with Crippen LogP contribution in [0, 0.1) is 17.7 Å². The van der Waals surface area contributed by atoms with Crippen LogP contribution >= 0.6 is 0 Å². The van der Waals surface area contributed by atoms with Gasteiger partial charge in [0.2, 0.25) is 5.88 Å². The first-order valence-corrected chi connectivity index (χ1v) is 9.54. The summed E-state index contributed by atoms with van der Waals surface area (Å²) in [7, 11) is 5.58. The fourth-order valence-electron chi connectivity index (χ4n) is 2.55. The van der Waals surface area contributed by atoms with Crippen molar-refractivity contribution in [3.8, 4) is 23.5 Å². The van der Waals surface area contributed by atoms with E-state index in [-0.39, 0.29) is 5.82 Å². The number of hydrogen-bond donors (Lipinski definition) is 0. The molecule has 3 aromatic rings. The van der Waals surface area contributed by atoms with Crippen molar-refractivity contribution in [2.24, 2.45) is 0 Å². The largest absolute Gasteiger partial charge is 0.497 e. The molecule has 0 atom stereocenters. The molecule has 3 rings (SSSR count). The van der Waals surface area contributed by atoms with E-state index < -0.39 is 0 Å². The highest BCUT2D eigenvalue weighted by atomic mass is 19.1. The highest BCUT2D eigenvalue weighted by Gasteiger charge is 2.10. The highest BCUT2D eigenvalue weighted by molar-refractivity contribution is 5.75. The Morgan fingerprint density at radius 1 is 0.933 bits per heavy atom. The van der Waals surface area contributed by atoms with Crippen LogP contribution in [0.25, 0.3) is 11.0 Å². The van der Waals surface area contributed by atoms with E-state index in [1.165, 1.54) is 12.1 Å². The van der Waals surface area contributed by atoms with Gasteiger partial charge in [0.1, 0.15) is 18.2 Å². The first kappa shape index (κ1) is 21.5. The molecule has 0 radical (unpaired) electrons. The molecule has 6 nitrogen and oxygen atoms in total. The number of benzene rings is 2. The molecule has 0 spiro atoms. The quantitative estimate of drug-likeness (QED) is 0.421. The smallest absolute Gasteiger partial charge is 0.249 e. The van der Waals surface area contributed by atoms with Crippen LogP contribution in [0.3, 0.4) is 0 Å². The van der Waals surface area contributed by atoms with Gasteiger partial charge in [0.15, 0.2) is 5.69 Å². The van der Waals surface area contributed by atoms with E-state index in [4.69, 9.17) is 14.2 Å². The highest BCUT2D eigenvalue weighted by Crippen LogP contribution is 2.19. The van der Waals surface area contributed by atoms with Gasteiger partial charge in [-0.25, -0.2) is 14.4 Å². The summed E-state index contributed by atoms with van der Waals surface area (Å²) >= 11 is 0. The van der Waals surface area contributed by atoms with Gasteiger partial charge in [0.05, 0.1) is 31.4 Å². The van der Waals surface area contributed by atoms with E-state index >= 15 is 0 Å². The van der Waals surface area contributed by atoms with Gasteiger partial charge >= 0.3 is 0 Å². The zero-order chi connectivity index (χ0) is 21.3. The second-order valence-corrected chi connectivity index (χ2v) is 6.75. The topological polar surface area (TPSA) is 56.7 Å². The fraction of sp³-hybridized carbons (Fsp3) is 0.304. The van der Waals surface area contributed by atoms with Crippen molar-refractivity contribution in [2.75, 3.05) is 47.6 Å². The van der Waals surface area contributed by atoms with Crippen LogP contribution in [0.1, 0.15) is 11.3 Å². The summed E-state index contributed by atoms with van der Waals surface area (Å²) in [6, 6.07) is 11.6.